The second-order valence-corrected chi connectivity index (χ2v) is 4.53. The van der Waals surface area contributed by atoms with E-state index in [1.165, 1.54) is 12.5 Å². The number of halogens is 1. The summed E-state index contributed by atoms with van der Waals surface area (Å²) in [5.41, 5.74) is 7.84. The summed E-state index contributed by atoms with van der Waals surface area (Å²) in [4.78, 5) is 4.13. The molecule has 88 valence electrons. The van der Waals surface area contributed by atoms with Crippen LogP contribution in [0.2, 0.25) is 0 Å². The Bertz CT molecular complexity index is 543. The molecule has 1 fully saturated rings. The summed E-state index contributed by atoms with van der Waals surface area (Å²) in [6.07, 6.45) is 7.05. The molecule has 17 heavy (non-hydrogen) atoms. The van der Waals surface area contributed by atoms with Crippen LogP contribution in [0.4, 0.5) is 10.1 Å². The van der Waals surface area contributed by atoms with Crippen LogP contribution < -0.4 is 5.73 Å². The van der Waals surface area contributed by atoms with Gasteiger partial charge < -0.3 is 5.73 Å². The first-order valence-electron chi connectivity index (χ1n) is 5.83. The van der Waals surface area contributed by atoms with Crippen molar-refractivity contribution >= 4 is 5.69 Å². The maximum absolute atomic E-state index is 13.8. The van der Waals surface area contributed by atoms with E-state index >= 15 is 0 Å². The monoisotopic (exact) mass is 231 g/mol. The highest BCUT2D eigenvalue weighted by Gasteiger charge is 2.24. The van der Waals surface area contributed by atoms with Crippen LogP contribution in [-0.2, 0) is 0 Å². The van der Waals surface area contributed by atoms with Gasteiger partial charge >= 0.3 is 0 Å². The second kappa shape index (κ2) is 3.87. The van der Waals surface area contributed by atoms with E-state index in [0.29, 0.717) is 17.3 Å². The van der Waals surface area contributed by atoms with Crippen LogP contribution in [0.5, 0.6) is 0 Å². The van der Waals surface area contributed by atoms with E-state index in [9.17, 15) is 4.39 Å². The van der Waals surface area contributed by atoms with Crippen LogP contribution in [0.1, 0.15) is 30.9 Å². The fourth-order valence-corrected chi connectivity index (χ4v) is 2.23. The Morgan fingerprint density at radius 3 is 2.88 bits per heavy atom. The number of rotatable bonds is 2. The quantitative estimate of drug-likeness (QED) is 0.808. The van der Waals surface area contributed by atoms with E-state index in [0.717, 1.165) is 18.5 Å². The SMILES string of the molecule is Nc1ccc(F)c(-n2cncc2C2CCC2)c1. The average Bonchev–Trinajstić information content (AvgIpc) is 2.68. The molecule has 0 amide bonds. The van der Waals surface area contributed by atoms with Crippen LogP contribution in [-0.4, -0.2) is 9.55 Å². The van der Waals surface area contributed by atoms with Crippen LogP contribution >= 0.6 is 0 Å². The Kier molecular flexibility index (Phi) is 2.35. The van der Waals surface area contributed by atoms with E-state index in [-0.39, 0.29) is 5.82 Å². The third kappa shape index (κ3) is 1.69. The van der Waals surface area contributed by atoms with Gasteiger partial charge in [-0.3, -0.25) is 4.57 Å². The number of imidazole rings is 1. The van der Waals surface area contributed by atoms with Gasteiger partial charge in [0.15, 0.2) is 0 Å². The number of hydrogen-bond acceptors (Lipinski definition) is 2. The molecule has 0 aliphatic heterocycles. The molecule has 2 N–H and O–H groups in total. The van der Waals surface area contributed by atoms with Crippen molar-refractivity contribution in [3.8, 4) is 5.69 Å². The van der Waals surface area contributed by atoms with Crippen molar-refractivity contribution in [1.82, 2.24) is 9.55 Å². The highest BCUT2D eigenvalue weighted by atomic mass is 19.1. The Hall–Kier alpha value is -1.84. The first kappa shape index (κ1) is 10.3. The zero-order valence-electron chi connectivity index (χ0n) is 9.44. The average molecular weight is 231 g/mol. The van der Waals surface area contributed by atoms with Crippen molar-refractivity contribution in [3.63, 3.8) is 0 Å². The topological polar surface area (TPSA) is 43.8 Å². The fourth-order valence-electron chi connectivity index (χ4n) is 2.23. The molecular weight excluding hydrogens is 217 g/mol. The van der Waals surface area contributed by atoms with Crippen molar-refractivity contribution in [2.45, 2.75) is 25.2 Å². The van der Waals surface area contributed by atoms with Crippen molar-refractivity contribution in [1.29, 1.82) is 0 Å². The normalized spacial score (nSPS) is 15.8. The van der Waals surface area contributed by atoms with Crippen molar-refractivity contribution in [2.24, 2.45) is 0 Å². The van der Waals surface area contributed by atoms with Crippen LogP contribution in [0.3, 0.4) is 0 Å². The Morgan fingerprint density at radius 2 is 2.18 bits per heavy atom. The minimum absolute atomic E-state index is 0.266. The summed E-state index contributed by atoms with van der Waals surface area (Å²) in [5.74, 6) is 0.246. The number of nitrogen functional groups attached to an aromatic ring is 1. The number of nitrogens with zero attached hydrogens (tertiary/aromatic N) is 2. The molecule has 1 saturated carbocycles. The molecule has 1 heterocycles. The minimum atomic E-state index is -0.266. The predicted molar refractivity (Wildman–Crippen MR) is 64.5 cm³/mol. The number of aromatic nitrogens is 2. The molecule has 2 aromatic rings. The summed E-state index contributed by atoms with van der Waals surface area (Å²) in [6, 6.07) is 4.62. The van der Waals surface area contributed by atoms with Gasteiger partial charge in [0.05, 0.1) is 12.0 Å². The Balaban J connectivity index is 2.08. The third-order valence-corrected chi connectivity index (χ3v) is 3.42. The first-order chi connectivity index (χ1) is 8.25. The molecule has 4 heteroatoms. The summed E-state index contributed by atoms with van der Waals surface area (Å²) in [6.45, 7) is 0. The van der Waals surface area contributed by atoms with Gasteiger partial charge in [-0.25, -0.2) is 9.37 Å². The zero-order chi connectivity index (χ0) is 11.8. The lowest BCUT2D eigenvalue weighted by Crippen LogP contribution is -2.13. The maximum Gasteiger partial charge on any atom is 0.147 e. The molecule has 0 atom stereocenters. The predicted octanol–water partition coefficient (Wildman–Crippen LogP) is 2.86. The molecule has 0 unspecified atom stereocenters. The van der Waals surface area contributed by atoms with E-state index < -0.39 is 0 Å². The molecule has 0 spiro atoms. The van der Waals surface area contributed by atoms with Gasteiger partial charge in [-0.1, -0.05) is 6.42 Å². The van der Waals surface area contributed by atoms with Gasteiger partial charge in [-0.2, -0.15) is 0 Å². The second-order valence-electron chi connectivity index (χ2n) is 4.53. The summed E-state index contributed by atoms with van der Waals surface area (Å²) < 4.78 is 15.6. The van der Waals surface area contributed by atoms with Crippen molar-refractivity contribution in [2.75, 3.05) is 5.73 Å². The largest absolute Gasteiger partial charge is 0.399 e. The molecule has 0 bridgehead atoms. The molecular formula is C13H14FN3. The highest BCUT2D eigenvalue weighted by Crippen LogP contribution is 2.37. The minimum Gasteiger partial charge on any atom is -0.399 e. The van der Waals surface area contributed by atoms with Gasteiger partial charge in [-0.05, 0) is 31.0 Å². The number of nitrogens with two attached hydrogens (primary N) is 1. The highest BCUT2D eigenvalue weighted by molar-refractivity contribution is 5.49. The molecule has 3 nitrogen and oxygen atoms in total. The molecule has 1 aliphatic rings. The summed E-state index contributed by atoms with van der Waals surface area (Å²) >= 11 is 0. The first-order valence-corrected chi connectivity index (χ1v) is 5.83. The van der Waals surface area contributed by atoms with Gasteiger partial charge in [-0.15, -0.1) is 0 Å². The van der Waals surface area contributed by atoms with E-state index in [1.807, 2.05) is 10.8 Å². The Labute approximate surface area is 99.1 Å². The lowest BCUT2D eigenvalue weighted by atomic mass is 9.83. The van der Waals surface area contributed by atoms with Crippen LogP contribution in [0, 0.1) is 5.82 Å². The fraction of sp³-hybridized carbons (Fsp3) is 0.308. The standard InChI is InChI=1S/C13H14FN3/c14-11-5-4-10(15)6-12(11)17-8-16-7-13(17)9-2-1-3-9/h4-9H,1-3,15H2. The number of benzene rings is 1. The van der Waals surface area contributed by atoms with Crippen LogP contribution in [0.15, 0.2) is 30.7 Å². The molecule has 0 saturated heterocycles. The molecule has 3 rings (SSSR count). The lowest BCUT2D eigenvalue weighted by Gasteiger charge is -2.26. The van der Waals surface area contributed by atoms with Crippen LogP contribution in [0.25, 0.3) is 5.69 Å². The van der Waals surface area contributed by atoms with E-state index in [2.05, 4.69) is 4.98 Å². The van der Waals surface area contributed by atoms with Gasteiger partial charge in [0.1, 0.15) is 5.82 Å². The summed E-state index contributed by atoms with van der Waals surface area (Å²) in [7, 11) is 0. The zero-order valence-corrected chi connectivity index (χ0v) is 9.44. The third-order valence-electron chi connectivity index (χ3n) is 3.42. The molecule has 1 aromatic heterocycles. The van der Waals surface area contributed by atoms with E-state index in [1.54, 1.807) is 18.5 Å². The smallest absolute Gasteiger partial charge is 0.147 e. The number of anilines is 1. The van der Waals surface area contributed by atoms with Gasteiger partial charge in [0, 0.05) is 23.5 Å². The van der Waals surface area contributed by atoms with E-state index in [4.69, 9.17) is 5.73 Å². The summed E-state index contributed by atoms with van der Waals surface area (Å²) in [5, 5.41) is 0. The molecule has 1 aromatic carbocycles. The van der Waals surface area contributed by atoms with Crippen molar-refractivity contribution < 1.29 is 4.39 Å². The van der Waals surface area contributed by atoms with Gasteiger partial charge in [0.25, 0.3) is 0 Å². The number of hydrogen-bond donors (Lipinski definition) is 1. The lowest BCUT2D eigenvalue weighted by molar-refractivity contribution is 0.406. The molecule has 0 radical (unpaired) electrons. The molecule has 1 aliphatic carbocycles. The maximum atomic E-state index is 13.8. The Morgan fingerprint density at radius 1 is 1.35 bits per heavy atom. The van der Waals surface area contributed by atoms with Crippen molar-refractivity contribution in [3.05, 3.63) is 42.2 Å². The van der Waals surface area contributed by atoms with Gasteiger partial charge in [0.2, 0.25) is 0 Å².